The van der Waals surface area contributed by atoms with Crippen molar-refractivity contribution in [2.45, 2.75) is 51.5 Å². The van der Waals surface area contributed by atoms with E-state index in [0.29, 0.717) is 30.6 Å². The molecule has 0 atom stereocenters. The molecule has 4 heterocycles. The molecule has 2 aromatic heterocycles. The van der Waals surface area contributed by atoms with Crippen molar-refractivity contribution in [2.24, 2.45) is 0 Å². The van der Waals surface area contributed by atoms with Crippen molar-refractivity contribution in [1.29, 1.82) is 0 Å². The number of nitrogens with zero attached hydrogens (tertiary/aromatic N) is 4. The Hall–Kier alpha value is -1.25. The normalized spacial score (nSPS) is 23.8. The van der Waals surface area contributed by atoms with Gasteiger partial charge >= 0.3 is 0 Å². The maximum atomic E-state index is 11.7. The van der Waals surface area contributed by atoms with Crippen molar-refractivity contribution in [3.8, 4) is 0 Å². The number of piperidine rings is 1. The monoisotopic (exact) mass is 420 g/mol. The van der Waals surface area contributed by atoms with Crippen molar-refractivity contribution in [3.63, 3.8) is 0 Å². The summed E-state index contributed by atoms with van der Waals surface area (Å²) in [6, 6.07) is 0.501. The van der Waals surface area contributed by atoms with Crippen molar-refractivity contribution >= 4 is 37.2 Å². The van der Waals surface area contributed by atoms with Crippen LogP contribution in [0.3, 0.4) is 0 Å². The molecule has 6 nitrogen and oxygen atoms in total. The van der Waals surface area contributed by atoms with Crippen LogP contribution in [-0.2, 0) is 22.7 Å². The van der Waals surface area contributed by atoms with Crippen LogP contribution in [0.2, 0.25) is 0 Å². The van der Waals surface area contributed by atoms with E-state index in [1.165, 1.54) is 35.1 Å². The first-order valence-corrected chi connectivity index (χ1v) is 13.1. The van der Waals surface area contributed by atoms with Gasteiger partial charge in [0.25, 0.3) is 0 Å². The second-order valence-electron chi connectivity index (χ2n) is 8.39. The molecule has 8 heteroatoms. The number of rotatable bonds is 2. The molecule has 28 heavy (non-hydrogen) atoms. The van der Waals surface area contributed by atoms with E-state index in [4.69, 9.17) is 9.97 Å². The minimum atomic E-state index is -2.81. The summed E-state index contributed by atoms with van der Waals surface area (Å²) in [4.78, 5) is 17.2. The zero-order valence-electron chi connectivity index (χ0n) is 16.5. The van der Waals surface area contributed by atoms with E-state index in [1.54, 1.807) is 0 Å². The first kappa shape index (κ1) is 18.8. The second-order valence-corrected chi connectivity index (χ2v) is 11.8. The summed E-state index contributed by atoms with van der Waals surface area (Å²) in [6.07, 6.45) is 7.07. The van der Waals surface area contributed by atoms with Crippen LogP contribution in [-0.4, -0.2) is 67.0 Å². The van der Waals surface area contributed by atoms with E-state index < -0.39 is 9.84 Å². The predicted octanol–water partition coefficient (Wildman–Crippen LogP) is 2.58. The highest BCUT2D eigenvalue weighted by atomic mass is 32.2. The minimum absolute atomic E-state index is 0.319. The molecule has 0 N–H and O–H groups in total. The average Bonchev–Trinajstić information content (AvgIpc) is 3.05. The summed E-state index contributed by atoms with van der Waals surface area (Å²) in [5.41, 5.74) is 1.50. The highest BCUT2D eigenvalue weighted by molar-refractivity contribution is 7.91. The van der Waals surface area contributed by atoms with Gasteiger partial charge in [-0.2, -0.15) is 0 Å². The van der Waals surface area contributed by atoms with E-state index in [-0.39, 0.29) is 0 Å². The molecule has 0 saturated carbocycles. The topological polar surface area (TPSA) is 66.4 Å². The molecule has 0 bridgehead atoms. The molecule has 2 saturated heterocycles. The maximum Gasteiger partial charge on any atom is 0.152 e. The number of hydrogen-bond donors (Lipinski definition) is 0. The summed E-state index contributed by atoms with van der Waals surface area (Å²) >= 11 is 1.87. The molecule has 0 radical (unpaired) electrons. The van der Waals surface area contributed by atoms with E-state index in [1.807, 2.05) is 18.3 Å². The summed E-state index contributed by atoms with van der Waals surface area (Å²) < 4.78 is 23.4. The smallest absolute Gasteiger partial charge is 0.152 e. The van der Waals surface area contributed by atoms with Crippen LogP contribution in [0, 0.1) is 6.92 Å². The Kier molecular flexibility index (Phi) is 4.83. The number of anilines is 1. The molecule has 2 fully saturated rings. The number of thiophene rings is 1. The van der Waals surface area contributed by atoms with Crippen LogP contribution in [0.4, 0.5) is 5.82 Å². The van der Waals surface area contributed by atoms with Gasteiger partial charge in [0.05, 0.1) is 16.9 Å². The van der Waals surface area contributed by atoms with E-state index in [2.05, 4.69) is 9.80 Å². The zero-order chi connectivity index (χ0) is 19.3. The second kappa shape index (κ2) is 7.22. The standard InChI is InChI=1S/C20H28N4O2S2/c1-14-21-19(18-16-4-2-3-5-17(16)27-20(18)22-14)24-8-6-15(7-9-24)23-10-12-28(25,26)13-11-23/h15H,2-13H2,1H3. The summed E-state index contributed by atoms with van der Waals surface area (Å²) in [7, 11) is -2.81. The molecule has 0 aromatic carbocycles. The van der Waals surface area contributed by atoms with Crippen LogP contribution in [0.25, 0.3) is 10.2 Å². The Morgan fingerprint density at radius 2 is 1.71 bits per heavy atom. The molecule has 0 unspecified atom stereocenters. The zero-order valence-corrected chi connectivity index (χ0v) is 18.1. The van der Waals surface area contributed by atoms with Crippen molar-refractivity contribution in [1.82, 2.24) is 14.9 Å². The van der Waals surface area contributed by atoms with Crippen molar-refractivity contribution < 1.29 is 8.42 Å². The van der Waals surface area contributed by atoms with Gasteiger partial charge in [0.2, 0.25) is 0 Å². The third-order valence-electron chi connectivity index (χ3n) is 6.57. The Morgan fingerprint density at radius 3 is 2.46 bits per heavy atom. The lowest BCUT2D eigenvalue weighted by Gasteiger charge is -2.40. The van der Waals surface area contributed by atoms with Gasteiger partial charge in [-0.1, -0.05) is 0 Å². The maximum absolute atomic E-state index is 11.7. The fourth-order valence-electron chi connectivity index (χ4n) is 5.01. The average molecular weight is 421 g/mol. The first-order chi connectivity index (χ1) is 13.5. The van der Waals surface area contributed by atoms with E-state index in [0.717, 1.165) is 48.8 Å². The minimum Gasteiger partial charge on any atom is -0.356 e. The molecule has 0 amide bonds. The van der Waals surface area contributed by atoms with Crippen LogP contribution in [0.1, 0.15) is 41.9 Å². The van der Waals surface area contributed by atoms with Gasteiger partial charge < -0.3 is 4.90 Å². The molecule has 2 aromatic rings. The first-order valence-electron chi connectivity index (χ1n) is 10.5. The lowest BCUT2D eigenvalue weighted by molar-refractivity contribution is 0.182. The van der Waals surface area contributed by atoms with Gasteiger partial charge in [0, 0.05) is 37.1 Å². The van der Waals surface area contributed by atoms with Crippen molar-refractivity contribution in [3.05, 3.63) is 16.3 Å². The Bertz CT molecular complexity index is 979. The van der Waals surface area contributed by atoms with E-state index in [9.17, 15) is 8.42 Å². The molecular weight excluding hydrogens is 392 g/mol. The summed E-state index contributed by atoms with van der Waals surface area (Å²) in [5, 5.41) is 1.31. The Morgan fingerprint density at radius 1 is 1.00 bits per heavy atom. The largest absolute Gasteiger partial charge is 0.356 e. The van der Waals surface area contributed by atoms with Gasteiger partial charge in [-0.15, -0.1) is 11.3 Å². The van der Waals surface area contributed by atoms with Gasteiger partial charge in [0.15, 0.2) is 9.84 Å². The molecule has 5 rings (SSSR count). The summed E-state index contributed by atoms with van der Waals surface area (Å²) in [5.74, 6) is 2.64. The molecule has 1 aliphatic carbocycles. The Labute approximate surface area is 170 Å². The highest BCUT2D eigenvalue weighted by Crippen LogP contribution is 2.40. The molecule has 152 valence electrons. The SMILES string of the molecule is Cc1nc(N2CCC(N3CCS(=O)(=O)CC3)CC2)c2c3c(sc2n1)CCCC3. The van der Waals surface area contributed by atoms with Crippen molar-refractivity contribution in [2.75, 3.05) is 42.6 Å². The van der Waals surface area contributed by atoms with Gasteiger partial charge in [-0.3, -0.25) is 4.90 Å². The molecule has 3 aliphatic rings. The lowest BCUT2D eigenvalue weighted by atomic mass is 9.96. The third-order valence-corrected chi connectivity index (χ3v) is 9.36. The predicted molar refractivity (Wildman–Crippen MR) is 114 cm³/mol. The molecule has 2 aliphatic heterocycles. The van der Waals surface area contributed by atoms with Crippen LogP contribution in [0.5, 0.6) is 0 Å². The number of aryl methyl sites for hydroxylation is 3. The summed E-state index contributed by atoms with van der Waals surface area (Å²) in [6.45, 7) is 5.38. The molecule has 0 spiro atoms. The fourth-order valence-corrected chi connectivity index (χ4v) is 7.54. The quantitative estimate of drug-likeness (QED) is 0.744. The van der Waals surface area contributed by atoms with Crippen LogP contribution in [0.15, 0.2) is 0 Å². The third kappa shape index (κ3) is 3.44. The number of aromatic nitrogens is 2. The van der Waals surface area contributed by atoms with Gasteiger partial charge in [-0.25, -0.2) is 18.4 Å². The van der Waals surface area contributed by atoms with Crippen LogP contribution < -0.4 is 4.90 Å². The highest BCUT2D eigenvalue weighted by Gasteiger charge is 2.31. The Balaban J connectivity index is 1.37. The fraction of sp³-hybridized carbons (Fsp3) is 0.700. The van der Waals surface area contributed by atoms with Gasteiger partial charge in [-0.05, 0) is 51.0 Å². The number of hydrogen-bond acceptors (Lipinski definition) is 7. The van der Waals surface area contributed by atoms with E-state index >= 15 is 0 Å². The van der Waals surface area contributed by atoms with Crippen LogP contribution >= 0.6 is 11.3 Å². The number of sulfone groups is 1. The lowest BCUT2D eigenvalue weighted by Crippen LogP contribution is -2.50. The molecular formula is C20H28N4O2S2. The number of fused-ring (bicyclic) bond motifs is 3. The van der Waals surface area contributed by atoms with Gasteiger partial charge in [0.1, 0.15) is 16.5 Å².